The summed E-state index contributed by atoms with van der Waals surface area (Å²) in [5.74, 6) is 0. The van der Waals surface area contributed by atoms with E-state index in [2.05, 4.69) is 41.5 Å². The quantitative estimate of drug-likeness (QED) is 0.588. The van der Waals surface area contributed by atoms with Crippen LogP contribution in [0, 0.1) is 10.8 Å². The molecule has 110 valence electrons. The van der Waals surface area contributed by atoms with E-state index in [-0.39, 0.29) is 10.8 Å². The van der Waals surface area contributed by atoms with Crippen molar-refractivity contribution in [3.63, 3.8) is 0 Å². The molecule has 0 bridgehead atoms. The zero-order chi connectivity index (χ0) is 14.8. The van der Waals surface area contributed by atoms with Crippen molar-refractivity contribution in [3.05, 3.63) is 0 Å². The van der Waals surface area contributed by atoms with Gasteiger partial charge in [-0.25, -0.2) is 0 Å². The van der Waals surface area contributed by atoms with Gasteiger partial charge in [0.15, 0.2) is 0 Å². The van der Waals surface area contributed by atoms with E-state index in [1.54, 1.807) is 0 Å². The molecule has 0 radical (unpaired) electrons. The van der Waals surface area contributed by atoms with Gasteiger partial charge in [-0.2, -0.15) is 0 Å². The lowest BCUT2D eigenvalue weighted by Crippen LogP contribution is -2.53. The lowest BCUT2D eigenvalue weighted by molar-refractivity contribution is -0.151. The van der Waals surface area contributed by atoms with E-state index >= 15 is 0 Å². The van der Waals surface area contributed by atoms with Crippen LogP contribution in [0.4, 0.5) is 0 Å². The Morgan fingerprint density at radius 1 is 0.611 bits per heavy atom. The summed E-state index contributed by atoms with van der Waals surface area (Å²) in [6.45, 7) is 17.0. The van der Waals surface area contributed by atoms with Crippen molar-refractivity contribution >= 4 is 0 Å². The van der Waals surface area contributed by atoms with Crippen molar-refractivity contribution in [2.45, 2.75) is 66.8 Å². The van der Waals surface area contributed by atoms with Crippen molar-refractivity contribution in [3.8, 4) is 0 Å². The van der Waals surface area contributed by atoms with Crippen molar-refractivity contribution in [1.82, 2.24) is 0 Å². The SMILES string of the molecule is CC(C)(C)C(C)(N)OCCOC(C)(N)C(C)(C)C. The Hall–Kier alpha value is -0.160. The molecule has 0 aromatic heterocycles. The first-order valence-corrected chi connectivity index (χ1v) is 6.56. The molecule has 0 rings (SSSR count). The third-order valence-electron chi connectivity index (χ3n) is 3.87. The number of hydrogen-bond acceptors (Lipinski definition) is 4. The predicted octanol–water partition coefficient (Wildman–Crippen LogP) is 2.46. The van der Waals surface area contributed by atoms with Gasteiger partial charge in [0.2, 0.25) is 0 Å². The van der Waals surface area contributed by atoms with Gasteiger partial charge in [0.25, 0.3) is 0 Å². The Bertz CT molecular complexity index is 232. The van der Waals surface area contributed by atoms with Crippen LogP contribution in [0.1, 0.15) is 55.4 Å². The van der Waals surface area contributed by atoms with Crippen LogP contribution in [-0.2, 0) is 9.47 Å². The Balaban J connectivity index is 4.17. The smallest absolute Gasteiger partial charge is 0.118 e. The predicted molar refractivity (Wildman–Crippen MR) is 76.0 cm³/mol. The summed E-state index contributed by atoms with van der Waals surface area (Å²) in [7, 11) is 0. The Morgan fingerprint density at radius 2 is 0.833 bits per heavy atom. The number of ether oxygens (including phenoxy) is 2. The molecule has 0 spiro atoms. The maximum atomic E-state index is 6.12. The van der Waals surface area contributed by atoms with Crippen molar-refractivity contribution < 1.29 is 9.47 Å². The fourth-order valence-electron chi connectivity index (χ4n) is 0.940. The summed E-state index contributed by atoms with van der Waals surface area (Å²) in [5, 5.41) is 0. The highest BCUT2D eigenvalue weighted by atomic mass is 16.6. The van der Waals surface area contributed by atoms with E-state index < -0.39 is 11.4 Å². The minimum atomic E-state index is -0.677. The average molecular weight is 260 g/mol. The van der Waals surface area contributed by atoms with Crippen LogP contribution in [0.3, 0.4) is 0 Å². The zero-order valence-corrected chi connectivity index (χ0v) is 13.4. The molecule has 0 aromatic rings. The summed E-state index contributed by atoms with van der Waals surface area (Å²) in [6, 6.07) is 0. The maximum Gasteiger partial charge on any atom is 0.118 e. The fraction of sp³-hybridized carbons (Fsp3) is 1.00. The van der Waals surface area contributed by atoms with Gasteiger partial charge in [-0.15, -0.1) is 0 Å². The fourth-order valence-corrected chi connectivity index (χ4v) is 0.940. The van der Waals surface area contributed by atoms with Gasteiger partial charge in [0.1, 0.15) is 11.4 Å². The van der Waals surface area contributed by atoms with Crippen molar-refractivity contribution in [1.29, 1.82) is 0 Å². The summed E-state index contributed by atoms with van der Waals surface area (Å²) in [4.78, 5) is 0. The first-order chi connectivity index (χ1) is 7.71. The monoisotopic (exact) mass is 260 g/mol. The van der Waals surface area contributed by atoms with Crippen LogP contribution < -0.4 is 11.5 Å². The molecule has 0 aromatic carbocycles. The minimum Gasteiger partial charge on any atom is -0.358 e. The van der Waals surface area contributed by atoms with E-state index in [1.165, 1.54) is 0 Å². The van der Waals surface area contributed by atoms with Crippen molar-refractivity contribution in [2.24, 2.45) is 22.3 Å². The molecule has 0 aliphatic rings. The average Bonchev–Trinajstić information content (AvgIpc) is 2.08. The lowest BCUT2D eigenvalue weighted by Gasteiger charge is -2.40. The second kappa shape index (κ2) is 5.45. The van der Waals surface area contributed by atoms with E-state index in [4.69, 9.17) is 20.9 Å². The van der Waals surface area contributed by atoms with E-state index in [0.29, 0.717) is 13.2 Å². The molecule has 0 heterocycles. The Morgan fingerprint density at radius 3 is 1.00 bits per heavy atom. The topological polar surface area (TPSA) is 70.5 Å². The molecule has 2 atom stereocenters. The van der Waals surface area contributed by atoms with Crippen LogP contribution in [0.2, 0.25) is 0 Å². The van der Waals surface area contributed by atoms with Gasteiger partial charge in [-0.05, 0) is 13.8 Å². The summed E-state index contributed by atoms with van der Waals surface area (Å²) >= 11 is 0. The molecule has 0 saturated heterocycles. The van der Waals surface area contributed by atoms with Gasteiger partial charge in [0, 0.05) is 10.8 Å². The number of rotatable bonds is 5. The van der Waals surface area contributed by atoms with Crippen LogP contribution in [-0.4, -0.2) is 24.7 Å². The highest BCUT2D eigenvalue weighted by Crippen LogP contribution is 2.30. The minimum absolute atomic E-state index is 0.122. The van der Waals surface area contributed by atoms with Crippen molar-refractivity contribution in [2.75, 3.05) is 13.2 Å². The van der Waals surface area contributed by atoms with Gasteiger partial charge >= 0.3 is 0 Å². The largest absolute Gasteiger partial charge is 0.358 e. The second-order valence-corrected chi connectivity index (χ2v) is 7.41. The van der Waals surface area contributed by atoms with Gasteiger partial charge in [-0.1, -0.05) is 41.5 Å². The first-order valence-electron chi connectivity index (χ1n) is 6.56. The number of hydrogen-bond donors (Lipinski definition) is 2. The number of nitrogens with two attached hydrogens (primary N) is 2. The molecule has 2 unspecified atom stereocenters. The molecule has 4 heteroatoms. The third kappa shape index (κ3) is 4.84. The van der Waals surface area contributed by atoms with E-state index in [1.807, 2.05) is 13.8 Å². The van der Waals surface area contributed by atoms with Crippen LogP contribution in [0.15, 0.2) is 0 Å². The molecule has 0 saturated carbocycles. The summed E-state index contributed by atoms with van der Waals surface area (Å²) < 4.78 is 11.4. The van der Waals surface area contributed by atoms with Gasteiger partial charge in [0.05, 0.1) is 13.2 Å². The van der Waals surface area contributed by atoms with E-state index in [9.17, 15) is 0 Å². The third-order valence-corrected chi connectivity index (χ3v) is 3.87. The normalized spacial score (nSPS) is 20.3. The Labute approximate surface area is 112 Å². The molecule has 0 amide bonds. The Kier molecular flexibility index (Phi) is 5.40. The standard InChI is InChI=1S/C14H32N2O2/c1-11(2,3)13(7,15)17-9-10-18-14(8,16)12(4,5)6/h9-10,15-16H2,1-8H3. The second-order valence-electron chi connectivity index (χ2n) is 7.41. The van der Waals surface area contributed by atoms with Gasteiger partial charge < -0.3 is 20.9 Å². The molecule has 4 nitrogen and oxygen atoms in total. The van der Waals surface area contributed by atoms with Crippen LogP contribution in [0.5, 0.6) is 0 Å². The van der Waals surface area contributed by atoms with E-state index in [0.717, 1.165) is 0 Å². The zero-order valence-electron chi connectivity index (χ0n) is 13.4. The van der Waals surface area contributed by atoms with Crippen LogP contribution >= 0.6 is 0 Å². The molecule has 4 N–H and O–H groups in total. The molecule has 0 aliphatic carbocycles. The molecular weight excluding hydrogens is 228 g/mol. The molecule has 0 fully saturated rings. The van der Waals surface area contributed by atoms with Gasteiger partial charge in [-0.3, -0.25) is 0 Å². The summed E-state index contributed by atoms with van der Waals surface area (Å²) in [6.07, 6.45) is 0. The lowest BCUT2D eigenvalue weighted by atomic mass is 9.84. The first kappa shape index (κ1) is 17.8. The molecular formula is C14H32N2O2. The molecule has 0 aliphatic heterocycles. The maximum absolute atomic E-state index is 6.12. The van der Waals surface area contributed by atoms with Crippen LogP contribution in [0.25, 0.3) is 0 Å². The molecule has 18 heavy (non-hydrogen) atoms. The highest BCUT2D eigenvalue weighted by molar-refractivity contribution is 4.83. The summed E-state index contributed by atoms with van der Waals surface area (Å²) in [5.41, 5.74) is 10.6. The highest BCUT2D eigenvalue weighted by Gasteiger charge is 2.36.